The zero-order valence-corrected chi connectivity index (χ0v) is 14.9. The summed E-state index contributed by atoms with van der Waals surface area (Å²) >= 11 is 0. The van der Waals surface area contributed by atoms with Crippen molar-refractivity contribution in [3.8, 4) is 0 Å². The summed E-state index contributed by atoms with van der Waals surface area (Å²) < 4.78 is 11.7. The van der Waals surface area contributed by atoms with Crippen LogP contribution in [0.3, 0.4) is 0 Å². The average molecular weight is 369 g/mol. The molecule has 1 aliphatic heterocycles. The van der Waals surface area contributed by atoms with Crippen molar-refractivity contribution >= 4 is 22.9 Å². The fourth-order valence-electron chi connectivity index (χ4n) is 3.28. The lowest BCUT2D eigenvalue weighted by Crippen LogP contribution is -2.50. The maximum absolute atomic E-state index is 12.6. The zero-order chi connectivity index (χ0) is 19.0. The highest BCUT2D eigenvalue weighted by Crippen LogP contribution is 2.16. The SMILES string of the molecule is Cn1c(=O)oc2ccc(CC(=O)N3CCN(C(=O)c4ccco4)CC3)cc21. The number of piperazine rings is 1. The molecule has 0 N–H and O–H groups in total. The number of benzene rings is 1. The summed E-state index contributed by atoms with van der Waals surface area (Å²) in [6.45, 7) is 1.91. The summed E-state index contributed by atoms with van der Waals surface area (Å²) in [5.41, 5.74) is 1.99. The third-order valence-electron chi connectivity index (χ3n) is 4.86. The van der Waals surface area contributed by atoms with Crippen LogP contribution in [0.15, 0.2) is 50.2 Å². The number of fused-ring (bicyclic) bond motifs is 1. The molecule has 27 heavy (non-hydrogen) atoms. The molecule has 4 rings (SSSR count). The van der Waals surface area contributed by atoms with E-state index in [1.807, 2.05) is 0 Å². The van der Waals surface area contributed by atoms with E-state index < -0.39 is 5.76 Å². The number of carbonyl (C=O) groups is 2. The van der Waals surface area contributed by atoms with Crippen molar-refractivity contribution in [3.63, 3.8) is 0 Å². The zero-order valence-electron chi connectivity index (χ0n) is 14.9. The van der Waals surface area contributed by atoms with Crippen molar-refractivity contribution in [3.05, 3.63) is 58.5 Å². The normalized spacial score (nSPS) is 14.7. The molecular weight excluding hydrogens is 350 g/mol. The summed E-state index contributed by atoms with van der Waals surface area (Å²) in [4.78, 5) is 39.9. The van der Waals surface area contributed by atoms with E-state index in [1.54, 1.807) is 47.2 Å². The molecule has 0 saturated carbocycles. The van der Waals surface area contributed by atoms with Gasteiger partial charge in [0, 0.05) is 33.2 Å². The Morgan fingerprint density at radius 1 is 1.07 bits per heavy atom. The van der Waals surface area contributed by atoms with Crippen molar-refractivity contribution in [2.75, 3.05) is 26.2 Å². The van der Waals surface area contributed by atoms with Gasteiger partial charge in [0.15, 0.2) is 11.3 Å². The quantitative estimate of drug-likeness (QED) is 0.693. The Hall–Kier alpha value is -3.29. The first kappa shape index (κ1) is 17.1. The Morgan fingerprint density at radius 3 is 2.52 bits per heavy atom. The van der Waals surface area contributed by atoms with E-state index in [0.29, 0.717) is 43.0 Å². The van der Waals surface area contributed by atoms with Crippen LogP contribution >= 0.6 is 0 Å². The molecule has 0 spiro atoms. The van der Waals surface area contributed by atoms with E-state index in [9.17, 15) is 14.4 Å². The minimum atomic E-state index is -0.425. The van der Waals surface area contributed by atoms with Crippen molar-refractivity contribution in [1.82, 2.24) is 14.4 Å². The Morgan fingerprint density at radius 2 is 1.81 bits per heavy atom. The lowest BCUT2D eigenvalue weighted by atomic mass is 10.1. The molecule has 0 aliphatic carbocycles. The summed E-state index contributed by atoms with van der Waals surface area (Å²) in [6, 6.07) is 8.62. The van der Waals surface area contributed by atoms with Gasteiger partial charge in [-0.1, -0.05) is 6.07 Å². The molecule has 2 aromatic heterocycles. The topological polar surface area (TPSA) is 88.9 Å². The molecule has 1 saturated heterocycles. The highest BCUT2D eigenvalue weighted by Gasteiger charge is 2.26. The molecule has 3 aromatic rings. The van der Waals surface area contributed by atoms with E-state index in [4.69, 9.17) is 8.83 Å². The first-order valence-corrected chi connectivity index (χ1v) is 8.72. The number of amides is 2. The highest BCUT2D eigenvalue weighted by atomic mass is 16.4. The third-order valence-corrected chi connectivity index (χ3v) is 4.86. The molecule has 8 nitrogen and oxygen atoms in total. The number of oxazole rings is 1. The lowest BCUT2D eigenvalue weighted by molar-refractivity contribution is -0.131. The maximum Gasteiger partial charge on any atom is 0.419 e. The van der Waals surface area contributed by atoms with Crippen LogP contribution in [0.4, 0.5) is 0 Å². The Kier molecular flexibility index (Phi) is 4.31. The van der Waals surface area contributed by atoms with Crippen LogP contribution in [0.25, 0.3) is 11.1 Å². The molecule has 0 bridgehead atoms. The molecular formula is C19H19N3O5. The van der Waals surface area contributed by atoms with E-state index in [2.05, 4.69) is 0 Å². The first-order chi connectivity index (χ1) is 13.0. The van der Waals surface area contributed by atoms with Gasteiger partial charge in [0.05, 0.1) is 18.2 Å². The van der Waals surface area contributed by atoms with Gasteiger partial charge < -0.3 is 18.6 Å². The number of aromatic nitrogens is 1. The Balaban J connectivity index is 1.39. The van der Waals surface area contributed by atoms with Gasteiger partial charge in [0.2, 0.25) is 5.91 Å². The van der Waals surface area contributed by atoms with Crippen LogP contribution in [0.5, 0.6) is 0 Å². The molecule has 0 atom stereocenters. The Bertz CT molecular complexity index is 1040. The second-order valence-electron chi connectivity index (χ2n) is 6.56. The number of furan rings is 1. The van der Waals surface area contributed by atoms with Gasteiger partial charge in [-0.25, -0.2) is 4.79 Å². The van der Waals surface area contributed by atoms with Gasteiger partial charge in [-0.15, -0.1) is 0 Å². The molecule has 0 unspecified atom stereocenters. The van der Waals surface area contributed by atoms with Crippen LogP contribution in [-0.4, -0.2) is 52.4 Å². The molecule has 2 amide bonds. The number of hydrogen-bond donors (Lipinski definition) is 0. The van der Waals surface area contributed by atoms with Gasteiger partial charge in [-0.05, 0) is 29.8 Å². The second kappa shape index (κ2) is 6.79. The average Bonchev–Trinajstić information content (AvgIpc) is 3.31. The van der Waals surface area contributed by atoms with E-state index in [-0.39, 0.29) is 18.2 Å². The van der Waals surface area contributed by atoms with Crippen LogP contribution < -0.4 is 5.76 Å². The largest absolute Gasteiger partial charge is 0.459 e. The van der Waals surface area contributed by atoms with Crippen LogP contribution in [-0.2, 0) is 18.3 Å². The van der Waals surface area contributed by atoms with Crippen LogP contribution in [0.1, 0.15) is 16.1 Å². The van der Waals surface area contributed by atoms with Gasteiger partial charge >= 0.3 is 5.76 Å². The summed E-state index contributed by atoms with van der Waals surface area (Å²) in [6.07, 6.45) is 1.71. The minimum absolute atomic E-state index is 0.00653. The lowest BCUT2D eigenvalue weighted by Gasteiger charge is -2.34. The van der Waals surface area contributed by atoms with Crippen LogP contribution in [0.2, 0.25) is 0 Å². The Labute approximate surface area is 154 Å². The number of rotatable bonds is 3. The third kappa shape index (κ3) is 3.25. The fraction of sp³-hybridized carbons (Fsp3) is 0.316. The van der Waals surface area contributed by atoms with Gasteiger partial charge in [0.25, 0.3) is 5.91 Å². The molecule has 8 heteroatoms. The van der Waals surface area contributed by atoms with Crippen LogP contribution in [0, 0.1) is 0 Å². The first-order valence-electron chi connectivity index (χ1n) is 8.72. The highest BCUT2D eigenvalue weighted by molar-refractivity contribution is 5.91. The molecule has 1 aliphatic rings. The standard InChI is InChI=1S/C19H19N3O5/c1-20-14-11-13(4-5-15(14)27-19(20)25)12-17(23)21-6-8-22(9-7-21)18(24)16-3-2-10-26-16/h2-5,10-11H,6-9,12H2,1H3. The fourth-order valence-corrected chi connectivity index (χ4v) is 3.28. The van der Waals surface area contributed by atoms with Crippen molar-refractivity contribution in [2.45, 2.75) is 6.42 Å². The predicted octanol–water partition coefficient (Wildman–Crippen LogP) is 1.25. The number of hydrogen-bond acceptors (Lipinski definition) is 5. The van der Waals surface area contributed by atoms with Gasteiger partial charge in [0.1, 0.15) is 0 Å². The number of nitrogens with zero attached hydrogens (tertiary/aromatic N) is 3. The van der Waals surface area contributed by atoms with Crippen molar-refractivity contribution in [1.29, 1.82) is 0 Å². The molecule has 3 heterocycles. The van der Waals surface area contributed by atoms with E-state index in [1.165, 1.54) is 10.8 Å². The summed E-state index contributed by atoms with van der Waals surface area (Å²) in [5, 5.41) is 0. The molecule has 1 fully saturated rings. The number of carbonyl (C=O) groups excluding carboxylic acids is 2. The molecule has 1 aromatic carbocycles. The van der Waals surface area contributed by atoms with E-state index in [0.717, 1.165) is 5.56 Å². The molecule has 0 radical (unpaired) electrons. The smallest absolute Gasteiger partial charge is 0.419 e. The second-order valence-corrected chi connectivity index (χ2v) is 6.56. The van der Waals surface area contributed by atoms with Gasteiger partial charge in [-0.2, -0.15) is 0 Å². The number of aryl methyl sites for hydroxylation is 1. The maximum atomic E-state index is 12.6. The van der Waals surface area contributed by atoms with Crippen molar-refractivity contribution < 1.29 is 18.4 Å². The minimum Gasteiger partial charge on any atom is -0.459 e. The van der Waals surface area contributed by atoms with E-state index >= 15 is 0 Å². The monoisotopic (exact) mass is 369 g/mol. The van der Waals surface area contributed by atoms with Crippen molar-refractivity contribution in [2.24, 2.45) is 7.05 Å². The predicted molar refractivity (Wildman–Crippen MR) is 96.4 cm³/mol. The molecule has 140 valence electrons. The van der Waals surface area contributed by atoms with Gasteiger partial charge in [-0.3, -0.25) is 14.2 Å². The summed E-state index contributed by atoms with van der Waals surface area (Å²) in [5.74, 6) is -0.272. The summed E-state index contributed by atoms with van der Waals surface area (Å²) in [7, 11) is 1.63.